The van der Waals surface area contributed by atoms with Crippen molar-refractivity contribution in [1.29, 1.82) is 0 Å². The first-order valence-electron chi connectivity index (χ1n) is 5.73. The molecule has 0 aliphatic rings. The van der Waals surface area contributed by atoms with Gasteiger partial charge in [-0.1, -0.05) is 47.5 Å². The number of carbonyl (C=O) groups is 1. The van der Waals surface area contributed by atoms with E-state index >= 15 is 0 Å². The Bertz CT molecular complexity index is 609. The van der Waals surface area contributed by atoms with Crippen LogP contribution in [0, 0.1) is 6.92 Å². The molecule has 2 aromatic carbocycles. The summed E-state index contributed by atoms with van der Waals surface area (Å²) in [7, 11) is 0. The summed E-state index contributed by atoms with van der Waals surface area (Å²) in [5.41, 5.74) is 2.52. The van der Waals surface area contributed by atoms with Crippen molar-refractivity contribution >= 4 is 29.5 Å². The Morgan fingerprint density at radius 3 is 2.63 bits per heavy atom. The van der Waals surface area contributed by atoms with Crippen molar-refractivity contribution in [1.82, 2.24) is 0 Å². The van der Waals surface area contributed by atoms with E-state index in [1.807, 2.05) is 31.2 Å². The van der Waals surface area contributed by atoms with Gasteiger partial charge in [-0.3, -0.25) is 4.79 Å². The molecule has 0 amide bonds. The van der Waals surface area contributed by atoms with Gasteiger partial charge in [0.15, 0.2) is 6.29 Å². The summed E-state index contributed by atoms with van der Waals surface area (Å²) >= 11 is 11.9. The number of hydrogen-bond acceptors (Lipinski definition) is 2. The van der Waals surface area contributed by atoms with Crippen molar-refractivity contribution in [2.45, 2.75) is 13.5 Å². The van der Waals surface area contributed by atoms with E-state index in [1.165, 1.54) is 6.07 Å². The highest BCUT2D eigenvalue weighted by Crippen LogP contribution is 2.32. The van der Waals surface area contributed by atoms with Crippen molar-refractivity contribution < 1.29 is 9.53 Å². The summed E-state index contributed by atoms with van der Waals surface area (Å²) in [5.74, 6) is 0.365. The van der Waals surface area contributed by atoms with Crippen molar-refractivity contribution in [2.24, 2.45) is 0 Å². The molecule has 0 saturated carbocycles. The van der Waals surface area contributed by atoms with Crippen LogP contribution in [-0.2, 0) is 6.61 Å². The average Bonchev–Trinajstić information content (AvgIpc) is 2.38. The second kappa shape index (κ2) is 6.09. The van der Waals surface area contributed by atoms with Gasteiger partial charge in [0.05, 0.1) is 10.6 Å². The minimum Gasteiger partial charge on any atom is -0.487 e. The van der Waals surface area contributed by atoms with Gasteiger partial charge in [-0.15, -0.1) is 0 Å². The molecule has 2 nitrogen and oxygen atoms in total. The highest BCUT2D eigenvalue weighted by Gasteiger charge is 2.11. The standard InChI is InChI=1S/C15H12Cl2O2/c1-10-4-2-3-5-11(10)9-19-15-12(8-18)6-13(16)7-14(15)17/h2-8H,9H2,1H3. The van der Waals surface area contributed by atoms with Crippen LogP contribution in [0.25, 0.3) is 0 Å². The highest BCUT2D eigenvalue weighted by molar-refractivity contribution is 6.36. The Morgan fingerprint density at radius 2 is 1.95 bits per heavy atom. The molecule has 0 atom stereocenters. The fourth-order valence-electron chi connectivity index (χ4n) is 1.74. The van der Waals surface area contributed by atoms with Gasteiger partial charge in [0.2, 0.25) is 0 Å². The van der Waals surface area contributed by atoms with Crippen LogP contribution in [0.3, 0.4) is 0 Å². The topological polar surface area (TPSA) is 26.3 Å². The highest BCUT2D eigenvalue weighted by atomic mass is 35.5. The van der Waals surface area contributed by atoms with E-state index in [4.69, 9.17) is 27.9 Å². The summed E-state index contributed by atoms with van der Waals surface area (Å²) in [5, 5.41) is 0.749. The van der Waals surface area contributed by atoms with Gasteiger partial charge in [-0.05, 0) is 30.2 Å². The Labute approximate surface area is 121 Å². The molecule has 0 N–H and O–H groups in total. The molecule has 0 spiro atoms. The second-order valence-corrected chi connectivity index (χ2v) is 4.98. The zero-order chi connectivity index (χ0) is 13.8. The number of aldehydes is 1. The monoisotopic (exact) mass is 294 g/mol. The van der Waals surface area contributed by atoms with Crippen LogP contribution in [0.15, 0.2) is 36.4 Å². The van der Waals surface area contributed by atoms with E-state index in [-0.39, 0.29) is 0 Å². The Balaban J connectivity index is 2.25. The van der Waals surface area contributed by atoms with Gasteiger partial charge in [-0.25, -0.2) is 0 Å². The molecule has 0 aliphatic heterocycles. The molecule has 2 aromatic rings. The van der Waals surface area contributed by atoms with Crippen LogP contribution in [0.2, 0.25) is 10.0 Å². The smallest absolute Gasteiger partial charge is 0.153 e. The Kier molecular flexibility index (Phi) is 4.46. The summed E-state index contributed by atoms with van der Waals surface area (Å²) < 4.78 is 5.66. The maximum Gasteiger partial charge on any atom is 0.153 e. The fraction of sp³-hybridized carbons (Fsp3) is 0.133. The van der Waals surface area contributed by atoms with Gasteiger partial charge < -0.3 is 4.74 Å². The predicted octanol–water partition coefficient (Wildman–Crippen LogP) is 4.69. The predicted molar refractivity (Wildman–Crippen MR) is 77.4 cm³/mol. The molecule has 0 unspecified atom stereocenters. The van der Waals surface area contributed by atoms with E-state index in [9.17, 15) is 4.79 Å². The quantitative estimate of drug-likeness (QED) is 0.765. The third kappa shape index (κ3) is 3.28. The number of carbonyl (C=O) groups excluding carboxylic acids is 1. The molecule has 19 heavy (non-hydrogen) atoms. The Hall–Kier alpha value is -1.51. The first-order valence-corrected chi connectivity index (χ1v) is 6.49. The SMILES string of the molecule is Cc1ccccc1COc1c(Cl)cc(Cl)cc1C=O. The lowest BCUT2D eigenvalue weighted by Crippen LogP contribution is -2.00. The van der Waals surface area contributed by atoms with E-state index < -0.39 is 0 Å². The van der Waals surface area contributed by atoms with Gasteiger partial charge in [0, 0.05) is 5.02 Å². The van der Waals surface area contributed by atoms with E-state index in [0.29, 0.717) is 34.3 Å². The van der Waals surface area contributed by atoms with Crippen LogP contribution >= 0.6 is 23.2 Å². The van der Waals surface area contributed by atoms with Crippen LogP contribution in [0.4, 0.5) is 0 Å². The zero-order valence-electron chi connectivity index (χ0n) is 10.3. The number of benzene rings is 2. The van der Waals surface area contributed by atoms with Crippen LogP contribution < -0.4 is 4.74 Å². The summed E-state index contributed by atoms with van der Waals surface area (Å²) in [6.07, 6.45) is 0.685. The lowest BCUT2D eigenvalue weighted by atomic mass is 10.1. The minimum atomic E-state index is 0.336. The number of hydrogen-bond donors (Lipinski definition) is 0. The summed E-state index contributed by atoms with van der Waals surface area (Å²) in [6.45, 7) is 2.36. The van der Waals surface area contributed by atoms with Gasteiger partial charge in [0.25, 0.3) is 0 Å². The number of rotatable bonds is 4. The van der Waals surface area contributed by atoms with Gasteiger partial charge in [-0.2, -0.15) is 0 Å². The van der Waals surface area contributed by atoms with E-state index in [1.54, 1.807) is 6.07 Å². The molecule has 2 rings (SSSR count). The minimum absolute atomic E-state index is 0.336. The third-order valence-electron chi connectivity index (χ3n) is 2.80. The second-order valence-electron chi connectivity index (χ2n) is 4.14. The first kappa shape index (κ1) is 13.9. The van der Waals surface area contributed by atoms with E-state index in [2.05, 4.69) is 0 Å². The van der Waals surface area contributed by atoms with Crippen molar-refractivity contribution in [3.05, 3.63) is 63.1 Å². The van der Waals surface area contributed by atoms with Crippen molar-refractivity contribution in [2.75, 3.05) is 0 Å². The largest absolute Gasteiger partial charge is 0.487 e. The lowest BCUT2D eigenvalue weighted by molar-refractivity contribution is 0.111. The fourth-order valence-corrected chi connectivity index (χ4v) is 2.31. The van der Waals surface area contributed by atoms with Crippen molar-refractivity contribution in [3.63, 3.8) is 0 Å². The molecule has 0 bridgehead atoms. The van der Waals surface area contributed by atoms with E-state index in [0.717, 1.165) is 11.1 Å². The molecule has 0 radical (unpaired) electrons. The molecule has 0 saturated heterocycles. The molecule has 4 heteroatoms. The van der Waals surface area contributed by atoms with Crippen molar-refractivity contribution in [3.8, 4) is 5.75 Å². The summed E-state index contributed by atoms with van der Waals surface area (Å²) in [4.78, 5) is 11.0. The van der Waals surface area contributed by atoms with Crippen LogP contribution in [0.5, 0.6) is 5.75 Å². The van der Waals surface area contributed by atoms with Gasteiger partial charge in [0.1, 0.15) is 12.4 Å². The third-order valence-corrected chi connectivity index (χ3v) is 3.30. The average molecular weight is 295 g/mol. The van der Waals surface area contributed by atoms with Gasteiger partial charge >= 0.3 is 0 Å². The maximum absolute atomic E-state index is 11.0. The zero-order valence-corrected chi connectivity index (χ0v) is 11.8. The molecule has 0 heterocycles. The summed E-state index contributed by atoms with van der Waals surface area (Å²) in [6, 6.07) is 11.0. The molecular formula is C15H12Cl2O2. The number of aryl methyl sites for hydroxylation is 1. The van der Waals surface area contributed by atoms with Crippen LogP contribution in [0.1, 0.15) is 21.5 Å². The molecule has 0 aromatic heterocycles. The molecule has 98 valence electrons. The lowest BCUT2D eigenvalue weighted by Gasteiger charge is -2.12. The number of halogens is 2. The number of ether oxygens (including phenoxy) is 1. The maximum atomic E-state index is 11.0. The molecule has 0 aliphatic carbocycles. The Morgan fingerprint density at radius 1 is 1.21 bits per heavy atom. The molecular weight excluding hydrogens is 283 g/mol. The van der Waals surface area contributed by atoms with Crippen LogP contribution in [-0.4, -0.2) is 6.29 Å². The molecule has 0 fully saturated rings. The first-order chi connectivity index (χ1) is 9.11. The normalized spacial score (nSPS) is 10.3.